The first kappa shape index (κ1) is 15.4. The molecule has 0 saturated heterocycles. The van der Waals surface area contributed by atoms with Crippen molar-refractivity contribution in [3.63, 3.8) is 0 Å². The van der Waals surface area contributed by atoms with Crippen molar-refractivity contribution in [2.75, 3.05) is 13.6 Å². The minimum Gasteiger partial charge on any atom is -0.446 e. The van der Waals surface area contributed by atoms with E-state index in [-0.39, 0.29) is 12.4 Å². The first-order chi connectivity index (χ1) is 7.69. The SMILES string of the molecule is CC(C)OC(=O)NS(=O)(=O)N(C)CC(N)=NO. The Kier molecular flexibility index (Phi) is 5.68. The van der Waals surface area contributed by atoms with Crippen LogP contribution < -0.4 is 10.5 Å². The molecule has 0 heterocycles. The first-order valence-electron chi connectivity index (χ1n) is 4.60. The highest BCUT2D eigenvalue weighted by atomic mass is 32.2. The van der Waals surface area contributed by atoms with Crippen LogP contribution in [-0.4, -0.2) is 49.6 Å². The summed E-state index contributed by atoms with van der Waals surface area (Å²) in [6, 6.07) is 0. The van der Waals surface area contributed by atoms with E-state index in [0.29, 0.717) is 4.31 Å². The Morgan fingerprint density at radius 2 is 2.12 bits per heavy atom. The molecule has 0 aliphatic carbocycles. The van der Waals surface area contributed by atoms with Crippen LogP contribution in [0.15, 0.2) is 5.16 Å². The van der Waals surface area contributed by atoms with Gasteiger partial charge in [-0.25, -0.2) is 9.52 Å². The van der Waals surface area contributed by atoms with Gasteiger partial charge in [0, 0.05) is 7.05 Å². The second kappa shape index (κ2) is 6.25. The van der Waals surface area contributed by atoms with Crippen molar-refractivity contribution in [1.29, 1.82) is 0 Å². The molecule has 0 aromatic rings. The highest BCUT2D eigenvalue weighted by Crippen LogP contribution is 1.96. The van der Waals surface area contributed by atoms with Gasteiger partial charge in [0.15, 0.2) is 5.84 Å². The molecule has 0 aromatic heterocycles. The number of hydrogen-bond acceptors (Lipinski definition) is 6. The van der Waals surface area contributed by atoms with Crippen molar-refractivity contribution in [2.24, 2.45) is 10.9 Å². The lowest BCUT2D eigenvalue weighted by molar-refractivity contribution is 0.121. The number of carbonyl (C=O) groups excluding carboxylic acids is 1. The summed E-state index contributed by atoms with van der Waals surface area (Å²) in [6.07, 6.45) is -1.54. The minimum atomic E-state index is -4.07. The second-order valence-corrected chi connectivity index (χ2v) is 5.19. The van der Waals surface area contributed by atoms with Crippen molar-refractivity contribution in [3.05, 3.63) is 0 Å². The fraction of sp³-hybridized carbons (Fsp3) is 0.714. The summed E-state index contributed by atoms with van der Waals surface area (Å²) in [7, 11) is -2.92. The van der Waals surface area contributed by atoms with E-state index >= 15 is 0 Å². The average molecular weight is 268 g/mol. The maximum atomic E-state index is 11.5. The van der Waals surface area contributed by atoms with E-state index in [9.17, 15) is 13.2 Å². The van der Waals surface area contributed by atoms with Crippen LogP contribution >= 0.6 is 0 Å². The van der Waals surface area contributed by atoms with Crippen molar-refractivity contribution in [2.45, 2.75) is 20.0 Å². The number of oxime groups is 1. The van der Waals surface area contributed by atoms with Gasteiger partial charge in [0.05, 0.1) is 12.6 Å². The number of amides is 1. The Morgan fingerprint density at radius 3 is 2.53 bits per heavy atom. The van der Waals surface area contributed by atoms with Gasteiger partial charge < -0.3 is 15.7 Å². The molecule has 1 amide bonds. The number of likely N-dealkylation sites (N-methyl/N-ethyl adjacent to an activating group) is 1. The third-order valence-corrected chi connectivity index (χ3v) is 2.85. The van der Waals surface area contributed by atoms with Crippen LogP contribution in [0.1, 0.15) is 13.8 Å². The smallest absolute Gasteiger partial charge is 0.422 e. The van der Waals surface area contributed by atoms with Crippen molar-refractivity contribution in [1.82, 2.24) is 9.03 Å². The lowest BCUT2D eigenvalue weighted by Gasteiger charge is -2.17. The first-order valence-corrected chi connectivity index (χ1v) is 6.04. The Bertz CT molecular complexity index is 391. The third-order valence-electron chi connectivity index (χ3n) is 1.48. The molecule has 10 heteroatoms. The molecule has 0 bridgehead atoms. The zero-order valence-electron chi connectivity index (χ0n) is 9.74. The molecule has 0 saturated carbocycles. The van der Waals surface area contributed by atoms with Gasteiger partial charge in [0.1, 0.15) is 0 Å². The average Bonchev–Trinajstić information content (AvgIpc) is 2.14. The van der Waals surface area contributed by atoms with Crippen molar-refractivity contribution >= 4 is 22.1 Å². The predicted octanol–water partition coefficient (Wildman–Crippen LogP) is -0.956. The normalized spacial score (nSPS) is 12.9. The molecule has 0 aromatic carbocycles. The molecule has 0 aliphatic rings. The molecule has 0 spiro atoms. The molecule has 0 atom stereocenters. The number of amidine groups is 1. The Hall–Kier alpha value is -1.55. The summed E-state index contributed by atoms with van der Waals surface area (Å²) in [4.78, 5) is 11.1. The fourth-order valence-corrected chi connectivity index (χ4v) is 1.48. The van der Waals surface area contributed by atoms with Crippen LogP contribution in [0.25, 0.3) is 0 Å². The van der Waals surface area contributed by atoms with Gasteiger partial charge in [-0.2, -0.15) is 12.7 Å². The van der Waals surface area contributed by atoms with Gasteiger partial charge >= 0.3 is 16.3 Å². The van der Waals surface area contributed by atoms with E-state index in [2.05, 4.69) is 9.89 Å². The molecule has 0 radical (unpaired) electrons. The van der Waals surface area contributed by atoms with Gasteiger partial charge in [0.2, 0.25) is 0 Å². The van der Waals surface area contributed by atoms with Gasteiger partial charge in [-0.3, -0.25) is 0 Å². The molecule has 4 N–H and O–H groups in total. The van der Waals surface area contributed by atoms with Crippen LogP contribution in [0.2, 0.25) is 0 Å². The summed E-state index contributed by atoms with van der Waals surface area (Å²) >= 11 is 0. The Labute approximate surface area is 99.4 Å². The Balaban J connectivity index is 4.53. The van der Waals surface area contributed by atoms with Crippen LogP contribution in [0.3, 0.4) is 0 Å². The van der Waals surface area contributed by atoms with Crippen molar-refractivity contribution < 1.29 is 23.2 Å². The molecule has 0 fully saturated rings. The van der Waals surface area contributed by atoms with Crippen LogP contribution in [0.5, 0.6) is 0 Å². The molecule has 100 valence electrons. The summed E-state index contributed by atoms with van der Waals surface area (Å²) in [5, 5.41) is 10.9. The summed E-state index contributed by atoms with van der Waals surface area (Å²) in [6.45, 7) is 2.79. The number of nitrogens with zero attached hydrogens (tertiary/aromatic N) is 2. The number of hydrogen-bond donors (Lipinski definition) is 3. The van der Waals surface area contributed by atoms with Crippen LogP contribution in [-0.2, 0) is 14.9 Å². The molecule has 9 nitrogen and oxygen atoms in total. The summed E-state index contributed by atoms with van der Waals surface area (Å²) < 4.78 is 30.0. The topological polar surface area (TPSA) is 134 Å². The molecular weight excluding hydrogens is 252 g/mol. The van der Waals surface area contributed by atoms with Crippen LogP contribution in [0.4, 0.5) is 4.79 Å². The number of nitrogens with one attached hydrogen (secondary N) is 1. The fourth-order valence-electron chi connectivity index (χ4n) is 0.766. The maximum Gasteiger partial charge on any atom is 0.422 e. The zero-order chi connectivity index (χ0) is 13.6. The van der Waals surface area contributed by atoms with Gasteiger partial charge in [-0.05, 0) is 13.8 Å². The van der Waals surface area contributed by atoms with E-state index in [1.165, 1.54) is 0 Å². The highest BCUT2D eigenvalue weighted by Gasteiger charge is 2.22. The van der Waals surface area contributed by atoms with Gasteiger partial charge in [0.25, 0.3) is 0 Å². The van der Waals surface area contributed by atoms with Gasteiger partial charge in [-0.15, -0.1) is 0 Å². The number of rotatable bonds is 5. The highest BCUT2D eigenvalue weighted by molar-refractivity contribution is 7.87. The molecule has 0 rings (SSSR count). The largest absolute Gasteiger partial charge is 0.446 e. The minimum absolute atomic E-state index is 0.310. The molecule has 17 heavy (non-hydrogen) atoms. The Morgan fingerprint density at radius 1 is 1.59 bits per heavy atom. The monoisotopic (exact) mass is 268 g/mol. The lowest BCUT2D eigenvalue weighted by Crippen LogP contribution is -2.45. The zero-order valence-corrected chi connectivity index (χ0v) is 10.6. The standard InChI is InChI=1S/C7H16N4O5S/c1-5(2)16-7(12)10-17(14,15)11(3)4-6(8)9-13/h5,13H,4H2,1-3H3,(H2,8,9)(H,10,12). The van der Waals surface area contributed by atoms with E-state index in [0.717, 1.165) is 7.05 Å². The maximum absolute atomic E-state index is 11.5. The lowest BCUT2D eigenvalue weighted by atomic mass is 10.5. The summed E-state index contributed by atoms with van der Waals surface area (Å²) in [5.74, 6) is -0.310. The number of nitrogens with two attached hydrogens (primary N) is 1. The second-order valence-electron chi connectivity index (χ2n) is 3.41. The molecule has 0 aliphatic heterocycles. The van der Waals surface area contributed by atoms with E-state index in [1.807, 2.05) is 0 Å². The van der Waals surface area contributed by atoms with E-state index < -0.39 is 22.4 Å². The number of carbonyl (C=O) groups is 1. The number of ether oxygens (including phenoxy) is 1. The molecular formula is C7H16N4O5S. The van der Waals surface area contributed by atoms with Crippen LogP contribution in [0, 0.1) is 0 Å². The quantitative estimate of drug-likeness (QED) is 0.254. The van der Waals surface area contributed by atoms with E-state index in [1.54, 1.807) is 18.6 Å². The van der Waals surface area contributed by atoms with Crippen molar-refractivity contribution in [3.8, 4) is 0 Å². The van der Waals surface area contributed by atoms with Gasteiger partial charge in [-0.1, -0.05) is 5.16 Å². The molecule has 0 unspecified atom stereocenters. The predicted molar refractivity (Wildman–Crippen MR) is 59.7 cm³/mol. The third kappa shape index (κ3) is 5.92. The summed E-state index contributed by atoms with van der Waals surface area (Å²) in [5.41, 5.74) is 5.13. The van der Waals surface area contributed by atoms with E-state index in [4.69, 9.17) is 10.9 Å².